The SMILES string of the molecule is Cc1nn(CCO)c(C)c1CNCC(=O)N1CCCc2ccccc21. The molecule has 0 aliphatic carbocycles. The van der Waals surface area contributed by atoms with Gasteiger partial charge in [-0.25, -0.2) is 0 Å². The summed E-state index contributed by atoms with van der Waals surface area (Å²) in [5.74, 6) is 0.102. The molecule has 1 aliphatic heterocycles. The third kappa shape index (κ3) is 3.75. The Bertz CT molecular complexity index is 754. The molecule has 0 saturated carbocycles. The van der Waals surface area contributed by atoms with Crippen LogP contribution in [0.3, 0.4) is 0 Å². The summed E-state index contributed by atoms with van der Waals surface area (Å²) in [7, 11) is 0. The number of nitrogens with zero attached hydrogens (tertiary/aromatic N) is 3. The van der Waals surface area contributed by atoms with Crippen LogP contribution in [0.1, 0.15) is 28.9 Å². The van der Waals surface area contributed by atoms with E-state index in [4.69, 9.17) is 5.11 Å². The standard InChI is InChI=1S/C19H26N4O2/c1-14-17(15(2)23(21-14)10-11-24)12-20-13-19(25)22-9-5-7-16-6-3-4-8-18(16)22/h3-4,6,8,20,24H,5,7,9-13H2,1-2H3. The van der Waals surface area contributed by atoms with Gasteiger partial charge in [-0.15, -0.1) is 0 Å². The maximum absolute atomic E-state index is 12.6. The number of anilines is 1. The Balaban J connectivity index is 1.61. The van der Waals surface area contributed by atoms with Crippen molar-refractivity contribution in [3.8, 4) is 0 Å². The largest absolute Gasteiger partial charge is 0.394 e. The number of carbonyl (C=O) groups excluding carboxylic acids is 1. The van der Waals surface area contributed by atoms with Crippen molar-refractivity contribution in [2.45, 2.75) is 39.8 Å². The molecule has 3 rings (SSSR count). The average Bonchev–Trinajstić information content (AvgIpc) is 2.89. The van der Waals surface area contributed by atoms with E-state index in [2.05, 4.69) is 16.5 Å². The summed E-state index contributed by atoms with van der Waals surface area (Å²) in [5.41, 5.74) is 5.37. The van der Waals surface area contributed by atoms with Gasteiger partial charge >= 0.3 is 0 Å². The van der Waals surface area contributed by atoms with Crippen LogP contribution in [-0.4, -0.2) is 40.5 Å². The predicted octanol–water partition coefficient (Wildman–Crippen LogP) is 1.56. The third-order valence-corrected chi connectivity index (χ3v) is 4.83. The van der Waals surface area contributed by atoms with Gasteiger partial charge in [-0.2, -0.15) is 5.10 Å². The lowest BCUT2D eigenvalue weighted by Crippen LogP contribution is -2.41. The number of aliphatic hydroxyl groups excluding tert-OH is 1. The first-order valence-electron chi connectivity index (χ1n) is 8.84. The van der Waals surface area contributed by atoms with E-state index >= 15 is 0 Å². The minimum atomic E-state index is 0.0711. The fourth-order valence-corrected chi connectivity index (χ4v) is 3.48. The van der Waals surface area contributed by atoms with Crippen molar-refractivity contribution in [2.24, 2.45) is 0 Å². The summed E-state index contributed by atoms with van der Waals surface area (Å²) < 4.78 is 1.81. The van der Waals surface area contributed by atoms with E-state index in [0.29, 0.717) is 19.6 Å². The number of benzene rings is 1. The lowest BCUT2D eigenvalue weighted by atomic mass is 10.0. The minimum Gasteiger partial charge on any atom is -0.394 e. The Labute approximate surface area is 148 Å². The molecule has 2 N–H and O–H groups in total. The summed E-state index contributed by atoms with van der Waals surface area (Å²) in [5, 5.41) is 16.8. The number of hydrogen-bond donors (Lipinski definition) is 2. The molecule has 0 radical (unpaired) electrons. The van der Waals surface area contributed by atoms with Gasteiger partial charge < -0.3 is 15.3 Å². The highest BCUT2D eigenvalue weighted by Crippen LogP contribution is 2.26. The molecule has 1 aromatic carbocycles. The minimum absolute atomic E-state index is 0.0711. The van der Waals surface area contributed by atoms with Crippen LogP contribution in [0.15, 0.2) is 24.3 Å². The first-order valence-corrected chi connectivity index (χ1v) is 8.84. The molecule has 0 bridgehead atoms. The summed E-state index contributed by atoms with van der Waals surface area (Å²) in [6, 6.07) is 8.14. The van der Waals surface area contributed by atoms with Crippen molar-refractivity contribution >= 4 is 11.6 Å². The van der Waals surface area contributed by atoms with E-state index in [0.717, 1.165) is 42.0 Å². The van der Waals surface area contributed by atoms with E-state index in [1.807, 2.05) is 41.6 Å². The van der Waals surface area contributed by atoms with Crippen LogP contribution in [0.2, 0.25) is 0 Å². The molecule has 2 heterocycles. The van der Waals surface area contributed by atoms with Crippen LogP contribution in [0.5, 0.6) is 0 Å². The number of hydrogen-bond acceptors (Lipinski definition) is 4. The predicted molar refractivity (Wildman–Crippen MR) is 97.6 cm³/mol. The van der Waals surface area contributed by atoms with Crippen LogP contribution in [0.4, 0.5) is 5.69 Å². The third-order valence-electron chi connectivity index (χ3n) is 4.83. The van der Waals surface area contributed by atoms with Crippen LogP contribution >= 0.6 is 0 Å². The molecule has 25 heavy (non-hydrogen) atoms. The van der Waals surface area contributed by atoms with Gasteiger partial charge in [-0.05, 0) is 38.3 Å². The van der Waals surface area contributed by atoms with Gasteiger partial charge in [0.05, 0.1) is 25.4 Å². The molecular formula is C19H26N4O2. The molecule has 6 heteroatoms. The lowest BCUT2D eigenvalue weighted by Gasteiger charge is -2.29. The van der Waals surface area contributed by atoms with Crippen LogP contribution < -0.4 is 10.2 Å². The van der Waals surface area contributed by atoms with E-state index in [9.17, 15) is 4.79 Å². The normalized spacial score (nSPS) is 13.8. The highest BCUT2D eigenvalue weighted by Gasteiger charge is 2.21. The second-order valence-corrected chi connectivity index (χ2v) is 6.48. The second kappa shape index (κ2) is 7.80. The highest BCUT2D eigenvalue weighted by atomic mass is 16.3. The molecule has 2 aromatic rings. The van der Waals surface area contributed by atoms with Crippen molar-refractivity contribution in [3.05, 3.63) is 46.8 Å². The first-order chi connectivity index (χ1) is 12.1. The number of aromatic nitrogens is 2. The Morgan fingerprint density at radius 2 is 2.12 bits per heavy atom. The molecule has 0 saturated heterocycles. The van der Waals surface area contributed by atoms with Crippen molar-refractivity contribution in [1.82, 2.24) is 15.1 Å². The van der Waals surface area contributed by atoms with Gasteiger partial charge in [0.2, 0.25) is 5.91 Å². The quantitative estimate of drug-likeness (QED) is 0.836. The maximum Gasteiger partial charge on any atom is 0.240 e. The molecule has 0 atom stereocenters. The van der Waals surface area contributed by atoms with Gasteiger partial charge in [0, 0.05) is 30.0 Å². The smallest absolute Gasteiger partial charge is 0.240 e. The van der Waals surface area contributed by atoms with E-state index < -0.39 is 0 Å². The van der Waals surface area contributed by atoms with Crippen molar-refractivity contribution in [2.75, 3.05) is 24.6 Å². The Kier molecular flexibility index (Phi) is 5.50. The summed E-state index contributed by atoms with van der Waals surface area (Å²) >= 11 is 0. The second-order valence-electron chi connectivity index (χ2n) is 6.48. The van der Waals surface area contributed by atoms with Gasteiger partial charge in [0.25, 0.3) is 0 Å². The number of nitrogens with one attached hydrogen (secondary N) is 1. The number of aryl methyl sites for hydroxylation is 2. The summed E-state index contributed by atoms with van der Waals surface area (Å²) in [6.45, 7) is 6.21. The molecule has 6 nitrogen and oxygen atoms in total. The lowest BCUT2D eigenvalue weighted by molar-refractivity contribution is -0.117. The zero-order valence-corrected chi connectivity index (χ0v) is 15.0. The molecule has 1 amide bonds. The monoisotopic (exact) mass is 342 g/mol. The molecule has 0 unspecified atom stereocenters. The van der Waals surface area contributed by atoms with Crippen LogP contribution in [0, 0.1) is 13.8 Å². The van der Waals surface area contributed by atoms with E-state index in [1.165, 1.54) is 5.56 Å². The fourth-order valence-electron chi connectivity index (χ4n) is 3.48. The van der Waals surface area contributed by atoms with Crippen LogP contribution in [-0.2, 0) is 24.3 Å². The number of carbonyl (C=O) groups is 1. The molecular weight excluding hydrogens is 316 g/mol. The number of amides is 1. The fraction of sp³-hybridized carbons (Fsp3) is 0.474. The summed E-state index contributed by atoms with van der Waals surface area (Å²) in [4.78, 5) is 14.5. The zero-order chi connectivity index (χ0) is 17.8. The van der Waals surface area contributed by atoms with Gasteiger partial charge in [0.1, 0.15) is 0 Å². The topological polar surface area (TPSA) is 70.4 Å². The van der Waals surface area contributed by atoms with Gasteiger partial charge in [-0.3, -0.25) is 9.48 Å². The molecule has 0 spiro atoms. The highest BCUT2D eigenvalue weighted by molar-refractivity contribution is 5.95. The van der Waals surface area contributed by atoms with Crippen molar-refractivity contribution in [3.63, 3.8) is 0 Å². The van der Waals surface area contributed by atoms with Crippen molar-refractivity contribution in [1.29, 1.82) is 0 Å². The Morgan fingerprint density at radius 3 is 2.92 bits per heavy atom. The number of rotatable bonds is 6. The molecule has 134 valence electrons. The van der Waals surface area contributed by atoms with E-state index in [-0.39, 0.29) is 12.5 Å². The number of para-hydroxylation sites is 1. The first kappa shape index (κ1) is 17.6. The zero-order valence-electron chi connectivity index (χ0n) is 15.0. The van der Waals surface area contributed by atoms with Gasteiger partial charge in [0.15, 0.2) is 0 Å². The number of fused-ring (bicyclic) bond motifs is 1. The molecule has 1 aliphatic rings. The summed E-state index contributed by atoms with van der Waals surface area (Å²) in [6.07, 6.45) is 2.05. The van der Waals surface area contributed by atoms with Crippen molar-refractivity contribution < 1.29 is 9.90 Å². The van der Waals surface area contributed by atoms with Crippen LogP contribution in [0.25, 0.3) is 0 Å². The Hall–Kier alpha value is -2.18. The van der Waals surface area contributed by atoms with E-state index in [1.54, 1.807) is 0 Å². The maximum atomic E-state index is 12.6. The average molecular weight is 342 g/mol. The molecule has 0 fully saturated rings. The number of aliphatic hydroxyl groups is 1. The van der Waals surface area contributed by atoms with Gasteiger partial charge in [-0.1, -0.05) is 18.2 Å². The Morgan fingerprint density at radius 1 is 1.32 bits per heavy atom. The molecule has 1 aromatic heterocycles.